The van der Waals surface area contributed by atoms with Gasteiger partial charge < -0.3 is 14.2 Å². The first-order chi connectivity index (χ1) is 12.1. The van der Waals surface area contributed by atoms with Crippen LogP contribution in [-0.2, 0) is 0 Å². The third-order valence-corrected chi connectivity index (χ3v) is 4.93. The van der Waals surface area contributed by atoms with E-state index in [-0.39, 0.29) is 5.91 Å². The maximum absolute atomic E-state index is 12.8. The summed E-state index contributed by atoms with van der Waals surface area (Å²) in [6, 6.07) is 15.6. The molecule has 1 aliphatic rings. The summed E-state index contributed by atoms with van der Waals surface area (Å²) in [4.78, 5) is 16.9. The number of amides is 1. The fourth-order valence-corrected chi connectivity index (χ4v) is 3.50. The van der Waals surface area contributed by atoms with Gasteiger partial charge in [0.25, 0.3) is 5.91 Å². The number of para-hydroxylation sites is 1. The lowest BCUT2D eigenvalue weighted by molar-refractivity contribution is 0.0717. The Morgan fingerprint density at radius 1 is 1.04 bits per heavy atom. The van der Waals surface area contributed by atoms with Crippen LogP contribution in [0.15, 0.2) is 52.9 Å². The van der Waals surface area contributed by atoms with Crippen LogP contribution >= 0.6 is 11.6 Å². The fraction of sp³-hybridized carbons (Fsp3) is 0.250. The van der Waals surface area contributed by atoms with Crippen LogP contribution in [-0.4, -0.2) is 37.0 Å². The number of carbonyl (C=O) groups excluding carboxylic acids is 1. The Kier molecular flexibility index (Phi) is 4.14. The molecule has 2 heterocycles. The van der Waals surface area contributed by atoms with Gasteiger partial charge in [-0.25, -0.2) is 0 Å². The first kappa shape index (κ1) is 16.0. The zero-order chi connectivity index (χ0) is 17.4. The van der Waals surface area contributed by atoms with Crippen LogP contribution in [0.5, 0.6) is 0 Å². The van der Waals surface area contributed by atoms with Gasteiger partial charge in [-0.15, -0.1) is 0 Å². The third kappa shape index (κ3) is 3.10. The standard InChI is InChI=1S/C20H19ClN2O2/c1-14-4-2-5-15-12-18(25-19(14)15)20(24)23-10-8-22(9-11-23)17-7-3-6-16(21)13-17/h2-7,12-13H,8-11H2,1H3. The molecule has 0 unspecified atom stereocenters. The van der Waals surface area contributed by atoms with Gasteiger partial charge in [-0.1, -0.05) is 35.9 Å². The highest BCUT2D eigenvalue weighted by Gasteiger charge is 2.25. The van der Waals surface area contributed by atoms with E-state index < -0.39 is 0 Å². The largest absolute Gasteiger partial charge is 0.451 e. The van der Waals surface area contributed by atoms with Gasteiger partial charge >= 0.3 is 0 Å². The van der Waals surface area contributed by atoms with E-state index >= 15 is 0 Å². The predicted octanol–water partition coefficient (Wildman–Crippen LogP) is 4.36. The second-order valence-electron chi connectivity index (χ2n) is 6.36. The molecule has 1 aromatic heterocycles. The lowest BCUT2D eigenvalue weighted by Crippen LogP contribution is -2.48. The van der Waals surface area contributed by atoms with Crippen LogP contribution in [0.4, 0.5) is 5.69 Å². The Hall–Kier alpha value is -2.46. The number of hydrogen-bond acceptors (Lipinski definition) is 3. The second kappa shape index (κ2) is 6.45. The first-order valence-corrected chi connectivity index (χ1v) is 8.78. The van der Waals surface area contributed by atoms with E-state index in [2.05, 4.69) is 4.90 Å². The Labute approximate surface area is 151 Å². The molecule has 0 aliphatic carbocycles. The van der Waals surface area contributed by atoms with E-state index in [0.717, 1.165) is 40.3 Å². The number of furan rings is 1. The number of fused-ring (bicyclic) bond motifs is 1. The normalized spacial score (nSPS) is 15.0. The summed E-state index contributed by atoms with van der Waals surface area (Å²) in [5, 5.41) is 1.70. The van der Waals surface area contributed by atoms with Crippen molar-refractivity contribution in [2.45, 2.75) is 6.92 Å². The molecule has 3 aromatic rings. The molecule has 2 aromatic carbocycles. The van der Waals surface area contributed by atoms with Gasteiger partial charge in [-0.3, -0.25) is 4.79 Å². The average molecular weight is 355 g/mol. The smallest absolute Gasteiger partial charge is 0.289 e. The third-order valence-electron chi connectivity index (χ3n) is 4.69. The molecule has 1 aliphatic heterocycles. The maximum Gasteiger partial charge on any atom is 0.289 e. The lowest BCUT2D eigenvalue weighted by atomic mass is 10.2. The van der Waals surface area contributed by atoms with Crippen molar-refractivity contribution in [2.24, 2.45) is 0 Å². The highest BCUT2D eigenvalue weighted by Crippen LogP contribution is 2.25. The molecule has 0 saturated carbocycles. The molecule has 0 N–H and O–H groups in total. The molecule has 4 nitrogen and oxygen atoms in total. The molecule has 1 saturated heterocycles. The molecule has 4 rings (SSSR count). The lowest BCUT2D eigenvalue weighted by Gasteiger charge is -2.35. The quantitative estimate of drug-likeness (QED) is 0.686. The molecule has 1 amide bonds. The van der Waals surface area contributed by atoms with Crippen LogP contribution < -0.4 is 4.90 Å². The van der Waals surface area contributed by atoms with Crippen LogP contribution in [0.1, 0.15) is 16.1 Å². The van der Waals surface area contributed by atoms with Crippen LogP contribution in [0.2, 0.25) is 5.02 Å². The summed E-state index contributed by atoms with van der Waals surface area (Å²) in [5.41, 5.74) is 2.93. The molecular formula is C20H19ClN2O2. The number of piperazine rings is 1. The van der Waals surface area contributed by atoms with Crippen molar-refractivity contribution in [3.05, 3.63) is 64.9 Å². The van der Waals surface area contributed by atoms with Crippen LogP contribution in [0.3, 0.4) is 0 Å². The van der Waals surface area contributed by atoms with Gasteiger partial charge in [0, 0.05) is 42.3 Å². The van der Waals surface area contributed by atoms with Gasteiger partial charge in [0.1, 0.15) is 5.58 Å². The van der Waals surface area contributed by atoms with Crippen molar-refractivity contribution in [1.29, 1.82) is 0 Å². The number of nitrogens with zero attached hydrogens (tertiary/aromatic N) is 2. The number of hydrogen-bond donors (Lipinski definition) is 0. The molecule has 0 radical (unpaired) electrons. The van der Waals surface area contributed by atoms with E-state index in [0.29, 0.717) is 18.8 Å². The monoisotopic (exact) mass is 354 g/mol. The Morgan fingerprint density at radius 3 is 2.52 bits per heavy atom. The summed E-state index contributed by atoms with van der Waals surface area (Å²) in [6.07, 6.45) is 0. The summed E-state index contributed by atoms with van der Waals surface area (Å²) in [6.45, 7) is 4.89. The Bertz CT molecular complexity index is 926. The van der Waals surface area contributed by atoms with Gasteiger partial charge in [0.2, 0.25) is 0 Å². The SMILES string of the molecule is Cc1cccc2cc(C(=O)N3CCN(c4cccc(Cl)c4)CC3)oc12. The topological polar surface area (TPSA) is 36.7 Å². The number of rotatable bonds is 2. The fourth-order valence-electron chi connectivity index (χ4n) is 3.31. The van der Waals surface area contributed by atoms with E-state index in [1.807, 2.05) is 60.4 Å². The summed E-state index contributed by atoms with van der Waals surface area (Å²) >= 11 is 6.07. The molecular weight excluding hydrogens is 336 g/mol. The summed E-state index contributed by atoms with van der Waals surface area (Å²) in [7, 11) is 0. The van der Waals surface area contributed by atoms with Crippen molar-refractivity contribution in [3.8, 4) is 0 Å². The van der Waals surface area contributed by atoms with E-state index in [1.54, 1.807) is 0 Å². The molecule has 128 valence electrons. The van der Waals surface area contributed by atoms with Crippen molar-refractivity contribution in [1.82, 2.24) is 4.90 Å². The second-order valence-corrected chi connectivity index (χ2v) is 6.80. The van der Waals surface area contributed by atoms with E-state index in [4.69, 9.17) is 16.0 Å². The zero-order valence-corrected chi connectivity index (χ0v) is 14.8. The molecule has 5 heteroatoms. The van der Waals surface area contributed by atoms with Crippen molar-refractivity contribution < 1.29 is 9.21 Å². The van der Waals surface area contributed by atoms with Crippen LogP contribution in [0, 0.1) is 6.92 Å². The minimum Gasteiger partial charge on any atom is -0.451 e. The highest BCUT2D eigenvalue weighted by molar-refractivity contribution is 6.30. The predicted molar refractivity (Wildman–Crippen MR) is 101 cm³/mol. The van der Waals surface area contributed by atoms with Crippen molar-refractivity contribution in [3.63, 3.8) is 0 Å². The van der Waals surface area contributed by atoms with Gasteiger partial charge in [-0.05, 0) is 36.8 Å². The first-order valence-electron chi connectivity index (χ1n) is 8.41. The minimum absolute atomic E-state index is 0.0404. The Morgan fingerprint density at radius 2 is 1.80 bits per heavy atom. The number of aryl methyl sites for hydroxylation is 1. The molecule has 0 atom stereocenters. The minimum atomic E-state index is -0.0404. The molecule has 0 spiro atoms. The molecule has 1 fully saturated rings. The number of anilines is 1. The number of benzene rings is 2. The molecule has 25 heavy (non-hydrogen) atoms. The van der Waals surface area contributed by atoms with E-state index in [1.165, 1.54) is 0 Å². The average Bonchev–Trinajstić information content (AvgIpc) is 3.07. The Balaban J connectivity index is 1.48. The maximum atomic E-state index is 12.8. The zero-order valence-electron chi connectivity index (χ0n) is 14.0. The summed E-state index contributed by atoms with van der Waals surface area (Å²) in [5.74, 6) is 0.377. The van der Waals surface area contributed by atoms with Crippen molar-refractivity contribution >= 4 is 34.2 Å². The van der Waals surface area contributed by atoms with E-state index in [9.17, 15) is 4.79 Å². The van der Waals surface area contributed by atoms with Crippen LogP contribution in [0.25, 0.3) is 11.0 Å². The molecule has 0 bridgehead atoms. The highest BCUT2D eigenvalue weighted by atomic mass is 35.5. The number of carbonyl (C=O) groups is 1. The van der Waals surface area contributed by atoms with Crippen molar-refractivity contribution in [2.75, 3.05) is 31.1 Å². The van der Waals surface area contributed by atoms with Gasteiger partial charge in [0.05, 0.1) is 0 Å². The van der Waals surface area contributed by atoms with Gasteiger partial charge in [0.15, 0.2) is 5.76 Å². The van der Waals surface area contributed by atoms with Gasteiger partial charge in [-0.2, -0.15) is 0 Å². The summed E-state index contributed by atoms with van der Waals surface area (Å²) < 4.78 is 5.82. The number of halogens is 1.